The summed E-state index contributed by atoms with van der Waals surface area (Å²) in [7, 11) is 0. The summed E-state index contributed by atoms with van der Waals surface area (Å²) in [5.74, 6) is -1.04. The highest BCUT2D eigenvalue weighted by Crippen LogP contribution is 2.30. The molecule has 0 radical (unpaired) electrons. The molecule has 0 aliphatic rings. The van der Waals surface area contributed by atoms with Crippen molar-refractivity contribution in [2.75, 3.05) is 5.32 Å². The Morgan fingerprint density at radius 1 is 1.20 bits per heavy atom. The summed E-state index contributed by atoms with van der Waals surface area (Å²) in [5.41, 5.74) is -0.700. The van der Waals surface area contributed by atoms with Crippen LogP contribution in [0, 0.1) is 0 Å². The molecule has 2 amide bonds. The average molecular weight is 408 g/mol. The third-order valence-electron chi connectivity index (χ3n) is 3.17. The fraction of sp³-hybridized carbons (Fsp3) is 0.385. The van der Waals surface area contributed by atoms with E-state index in [1.807, 2.05) is 6.07 Å². The van der Waals surface area contributed by atoms with E-state index in [4.69, 9.17) is 0 Å². The van der Waals surface area contributed by atoms with Gasteiger partial charge in [-0.3, -0.25) is 0 Å². The molecular weight excluding hydrogens is 392 g/mol. The van der Waals surface area contributed by atoms with E-state index in [2.05, 4.69) is 42.5 Å². The van der Waals surface area contributed by atoms with Gasteiger partial charge in [0.1, 0.15) is 5.54 Å². The molecule has 0 spiro atoms. The third-order valence-corrected chi connectivity index (χ3v) is 4.49. The van der Waals surface area contributed by atoms with Gasteiger partial charge in [-0.15, -0.1) is 0 Å². The second-order valence-electron chi connectivity index (χ2n) is 4.27. The van der Waals surface area contributed by atoms with Crippen molar-refractivity contribution in [2.45, 2.75) is 32.2 Å². The number of para-hydroxylation sites is 1. The standard InChI is InChI=1S/C13H16Br2N2O3/c1-3-13(4-2,11(18)19)17-12(20)16-10-8(14)6-5-7-9(10)15/h5-7H,3-4H2,1-2H3,(H,18,19)(H2,16,17,20). The molecular formula is C13H16Br2N2O3. The number of carbonyl (C=O) groups excluding carboxylic acids is 1. The van der Waals surface area contributed by atoms with E-state index in [-0.39, 0.29) is 0 Å². The number of carbonyl (C=O) groups is 2. The molecule has 0 unspecified atom stereocenters. The molecule has 7 heteroatoms. The molecule has 0 atom stereocenters. The van der Waals surface area contributed by atoms with Gasteiger partial charge in [0.25, 0.3) is 0 Å². The van der Waals surface area contributed by atoms with E-state index in [1.165, 1.54) is 0 Å². The SMILES string of the molecule is CCC(CC)(NC(=O)Nc1c(Br)cccc1Br)C(=O)O. The number of amides is 2. The number of anilines is 1. The molecule has 110 valence electrons. The Labute approximate surface area is 134 Å². The smallest absolute Gasteiger partial charge is 0.329 e. The number of hydrogen-bond donors (Lipinski definition) is 3. The highest BCUT2D eigenvalue weighted by Gasteiger charge is 2.36. The predicted octanol–water partition coefficient (Wildman–Crippen LogP) is 3.98. The summed E-state index contributed by atoms with van der Waals surface area (Å²) in [6.45, 7) is 3.46. The van der Waals surface area contributed by atoms with Gasteiger partial charge in [0.15, 0.2) is 0 Å². The van der Waals surface area contributed by atoms with E-state index in [9.17, 15) is 14.7 Å². The molecule has 1 aromatic carbocycles. The Morgan fingerprint density at radius 3 is 2.10 bits per heavy atom. The summed E-state index contributed by atoms with van der Waals surface area (Å²) in [4.78, 5) is 23.4. The normalized spacial score (nSPS) is 11.0. The predicted molar refractivity (Wildman–Crippen MR) is 84.9 cm³/mol. The second kappa shape index (κ2) is 7.08. The molecule has 0 aliphatic carbocycles. The Kier molecular flexibility index (Phi) is 6.01. The number of rotatable bonds is 5. The minimum absolute atomic E-state index is 0.309. The number of halogens is 2. The topological polar surface area (TPSA) is 78.4 Å². The molecule has 0 saturated carbocycles. The minimum atomic E-state index is -1.25. The second-order valence-corrected chi connectivity index (χ2v) is 5.98. The van der Waals surface area contributed by atoms with Crippen molar-refractivity contribution in [3.05, 3.63) is 27.1 Å². The lowest BCUT2D eigenvalue weighted by atomic mass is 9.93. The summed E-state index contributed by atoms with van der Waals surface area (Å²) >= 11 is 6.66. The van der Waals surface area contributed by atoms with Crippen LogP contribution in [-0.4, -0.2) is 22.6 Å². The van der Waals surface area contributed by atoms with Crippen molar-refractivity contribution in [2.24, 2.45) is 0 Å². The quantitative estimate of drug-likeness (QED) is 0.690. The molecule has 0 bridgehead atoms. The monoisotopic (exact) mass is 406 g/mol. The number of hydrogen-bond acceptors (Lipinski definition) is 2. The number of urea groups is 1. The van der Waals surface area contributed by atoms with Crippen LogP contribution >= 0.6 is 31.9 Å². The summed E-state index contributed by atoms with van der Waals surface area (Å²) in [5, 5.41) is 14.5. The van der Waals surface area contributed by atoms with Crippen LogP contribution in [0.5, 0.6) is 0 Å². The van der Waals surface area contributed by atoms with Crippen LogP contribution in [-0.2, 0) is 4.79 Å². The van der Waals surface area contributed by atoms with E-state index < -0.39 is 17.5 Å². The first-order valence-electron chi connectivity index (χ1n) is 6.13. The Hall–Kier alpha value is -1.08. The van der Waals surface area contributed by atoms with Gasteiger partial charge in [-0.05, 0) is 56.8 Å². The van der Waals surface area contributed by atoms with E-state index >= 15 is 0 Å². The molecule has 3 N–H and O–H groups in total. The molecule has 0 aliphatic heterocycles. The first-order valence-corrected chi connectivity index (χ1v) is 7.71. The van der Waals surface area contributed by atoms with Crippen LogP contribution in [0.2, 0.25) is 0 Å². The van der Waals surface area contributed by atoms with Gasteiger partial charge < -0.3 is 15.7 Å². The van der Waals surface area contributed by atoms with Gasteiger partial charge >= 0.3 is 12.0 Å². The first kappa shape index (κ1) is 17.0. The number of carboxylic acid groups (broad SMARTS) is 1. The number of benzene rings is 1. The van der Waals surface area contributed by atoms with Crippen molar-refractivity contribution in [3.63, 3.8) is 0 Å². The third kappa shape index (κ3) is 3.73. The maximum atomic E-state index is 12.0. The van der Waals surface area contributed by atoms with E-state index in [0.717, 1.165) is 0 Å². The van der Waals surface area contributed by atoms with Crippen LogP contribution in [0.25, 0.3) is 0 Å². The van der Waals surface area contributed by atoms with E-state index in [1.54, 1.807) is 26.0 Å². The largest absolute Gasteiger partial charge is 0.480 e. The molecule has 0 heterocycles. The Balaban J connectivity index is 2.89. The van der Waals surface area contributed by atoms with Gasteiger partial charge in [0, 0.05) is 8.95 Å². The summed E-state index contributed by atoms with van der Waals surface area (Å²) in [6, 6.07) is 4.83. The van der Waals surface area contributed by atoms with Crippen LogP contribution in [0.4, 0.5) is 10.5 Å². The van der Waals surface area contributed by atoms with Crippen LogP contribution in [0.1, 0.15) is 26.7 Å². The average Bonchev–Trinajstić information content (AvgIpc) is 2.40. The van der Waals surface area contributed by atoms with Gasteiger partial charge in [0.05, 0.1) is 5.69 Å². The lowest BCUT2D eigenvalue weighted by Crippen LogP contribution is -2.55. The Morgan fingerprint density at radius 2 is 1.70 bits per heavy atom. The number of carboxylic acids is 1. The maximum Gasteiger partial charge on any atom is 0.329 e. The summed E-state index contributed by atoms with van der Waals surface area (Å²) in [6.07, 6.45) is 0.618. The highest BCUT2D eigenvalue weighted by molar-refractivity contribution is 9.11. The van der Waals surface area contributed by atoms with Crippen molar-refractivity contribution >= 4 is 49.5 Å². The van der Waals surface area contributed by atoms with Crippen molar-refractivity contribution in [3.8, 4) is 0 Å². The van der Waals surface area contributed by atoms with Crippen LogP contribution < -0.4 is 10.6 Å². The minimum Gasteiger partial charge on any atom is -0.480 e. The van der Waals surface area contributed by atoms with Gasteiger partial charge in [-0.25, -0.2) is 9.59 Å². The van der Waals surface area contributed by atoms with Gasteiger partial charge in [0.2, 0.25) is 0 Å². The number of aliphatic carboxylic acids is 1. The number of nitrogens with one attached hydrogen (secondary N) is 2. The molecule has 5 nitrogen and oxygen atoms in total. The van der Waals surface area contributed by atoms with Gasteiger partial charge in [-0.1, -0.05) is 19.9 Å². The highest BCUT2D eigenvalue weighted by atomic mass is 79.9. The van der Waals surface area contributed by atoms with Crippen molar-refractivity contribution in [1.29, 1.82) is 0 Å². The van der Waals surface area contributed by atoms with Crippen molar-refractivity contribution in [1.82, 2.24) is 5.32 Å². The fourth-order valence-electron chi connectivity index (χ4n) is 1.76. The van der Waals surface area contributed by atoms with Crippen LogP contribution in [0.3, 0.4) is 0 Å². The maximum absolute atomic E-state index is 12.0. The van der Waals surface area contributed by atoms with E-state index in [0.29, 0.717) is 27.5 Å². The fourth-order valence-corrected chi connectivity index (χ4v) is 2.96. The molecule has 20 heavy (non-hydrogen) atoms. The Bertz CT molecular complexity index is 496. The molecule has 0 fully saturated rings. The zero-order chi connectivity index (χ0) is 15.3. The summed E-state index contributed by atoms with van der Waals surface area (Å²) < 4.78 is 1.41. The molecule has 0 saturated heterocycles. The van der Waals surface area contributed by atoms with Crippen LogP contribution in [0.15, 0.2) is 27.1 Å². The zero-order valence-electron chi connectivity index (χ0n) is 11.2. The molecule has 1 aromatic rings. The van der Waals surface area contributed by atoms with Gasteiger partial charge in [-0.2, -0.15) is 0 Å². The first-order chi connectivity index (χ1) is 9.36. The zero-order valence-corrected chi connectivity index (χ0v) is 14.3. The molecule has 0 aromatic heterocycles. The van der Waals surface area contributed by atoms with Crippen molar-refractivity contribution < 1.29 is 14.7 Å². The lowest BCUT2D eigenvalue weighted by Gasteiger charge is -2.28. The molecule has 1 rings (SSSR count). The lowest BCUT2D eigenvalue weighted by molar-refractivity contribution is -0.144.